The first-order valence-corrected chi connectivity index (χ1v) is 10.6. The highest BCUT2D eigenvalue weighted by molar-refractivity contribution is 6.30. The molecule has 0 aromatic heterocycles. The number of carbonyl (C=O) groups is 2. The van der Waals surface area contributed by atoms with E-state index in [0.717, 1.165) is 16.9 Å². The molecule has 0 saturated heterocycles. The van der Waals surface area contributed by atoms with Crippen LogP contribution in [0.15, 0.2) is 66.4 Å². The average Bonchev–Trinajstić information content (AvgIpc) is 3.09. The Morgan fingerprint density at radius 2 is 1.72 bits per heavy atom. The monoisotopic (exact) mass is 448 g/mol. The summed E-state index contributed by atoms with van der Waals surface area (Å²) in [5, 5.41) is 0.563. The second-order valence-corrected chi connectivity index (χ2v) is 7.71. The van der Waals surface area contributed by atoms with Gasteiger partial charge < -0.3 is 14.2 Å². The number of carbonyl (C=O) groups excluding carboxylic acids is 2. The van der Waals surface area contributed by atoms with Crippen molar-refractivity contribution in [3.8, 4) is 17.2 Å². The minimum Gasteiger partial charge on any atom is -0.494 e. The molecule has 3 aromatic carbocycles. The molecule has 32 heavy (non-hydrogen) atoms. The van der Waals surface area contributed by atoms with Crippen molar-refractivity contribution in [1.82, 2.24) is 0 Å². The number of Topliss-reactive ketones (excluding diaryl/α,β-unsaturated/α-hetero) is 2. The van der Waals surface area contributed by atoms with E-state index in [-0.39, 0.29) is 23.9 Å². The lowest BCUT2D eigenvalue weighted by atomic mass is 10.0. The van der Waals surface area contributed by atoms with Gasteiger partial charge in [0.25, 0.3) is 0 Å². The van der Waals surface area contributed by atoms with Crippen LogP contribution in [0.25, 0.3) is 6.08 Å². The first kappa shape index (κ1) is 21.7. The number of hydrogen-bond acceptors (Lipinski definition) is 5. The minimum atomic E-state index is -0.185. The van der Waals surface area contributed by atoms with Crippen LogP contribution in [0, 0.1) is 6.92 Å². The van der Waals surface area contributed by atoms with Crippen molar-refractivity contribution >= 4 is 29.2 Å². The first-order valence-electron chi connectivity index (χ1n) is 10.2. The fraction of sp³-hybridized carbons (Fsp3) is 0.154. The Morgan fingerprint density at radius 1 is 1.00 bits per heavy atom. The Hall–Kier alpha value is -3.57. The molecule has 0 saturated carbocycles. The molecule has 5 nitrogen and oxygen atoms in total. The van der Waals surface area contributed by atoms with E-state index in [4.69, 9.17) is 25.8 Å². The highest BCUT2D eigenvalue weighted by Crippen LogP contribution is 2.37. The van der Waals surface area contributed by atoms with Crippen LogP contribution in [0.4, 0.5) is 0 Å². The predicted octanol–water partition coefficient (Wildman–Crippen LogP) is 5.93. The second-order valence-electron chi connectivity index (χ2n) is 7.27. The largest absolute Gasteiger partial charge is 0.494 e. The normalized spacial score (nSPS) is 13.6. The third-order valence-electron chi connectivity index (χ3n) is 4.97. The lowest BCUT2D eigenvalue weighted by Gasteiger charge is -2.09. The molecular weight excluding hydrogens is 428 g/mol. The lowest BCUT2D eigenvalue weighted by molar-refractivity contribution is 0.0920. The molecule has 0 amide bonds. The minimum absolute atomic E-state index is 0.136. The summed E-state index contributed by atoms with van der Waals surface area (Å²) in [5.41, 5.74) is 2.56. The van der Waals surface area contributed by atoms with E-state index in [9.17, 15) is 9.59 Å². The highest BCUT2D eigenvalue weighted by Gasteiger charge is 2.30. The Balaban J connectivity index is 1.49. The van der Waals surface area contributed by atoms with Crippen LogP contribution in [-0.4, -0.2) is 24.8 Å². The Morgan fingerprint density at radius 3 is 2.41 bits per heavy atom. The molecule has 3 aromatic rings. The summed E-state index contributed by atoms with van der Waals surface area (Å²) in [5.74, 6) is 1.52. The van der Waals surface area contributed by atoms with Gasteiger partial charge in [-0.1, -0.05) is 23.7 Å². The smallest absolute Gasteiger partial charge is 0.232 e. The Labute approximate surface area is 191 Å². The highest BCUT2D eigenvalue weighted by atomic mass is 35.5. The first-order chi connectivity index (χ1) is 15.4. The summed E-state index contributed by atoms with van der Waals surface area (Å²) in [6.45, 7) is 4.19. The van der Waals surface area contributed by atoms with Crippen LogP contribution >= 0.6 is 11.6 Å². The second kappa shape index (κ2) is 9.28. The molecule has 0 radical (unpaired) electrons. The average molecular weight is 449 g/mol. The molecule has 0 unspecified atom stereocenters. The molecule has 0 spiro atoms. The van der Waals surface area contributed by atoms with Crippen molar-refractivity contribution in [2.75, 3.05) is 13.2 Å². The van der Waals surface area contributed by atoms with E-state index < -0.39 is 0 Å². The summed E-state index contributed by atoms with van der Waals surface area (Å²) in [4.78, 5) is 25.2. The molecule has 6 heteroatoms. The van der Waals surface area contributed by atoms with E-state index in [1.54, 1.807) is 42.5 Å². The van der Waals surface area contributed by atoms with Gasteiger partial charge >= 0.3 is 0 Å². The van der Waals surface area contributed by atoms with Crippen LogP contribution in [0.2, 0.25) is 5.02 Å². The van der Waals surface area contributed by atoms with E-state index >= 15 is 0 Å². The van der Waals surface area contributed by atoms with E-state index in [2.05, 4.69) is 0 Å². The van der Waals surface area contributed by atoms with Crippen LogP contribution < -0.4 is 14.2 Å². The number of ketones is 2. The maximum atomic E-state index is 12.9. The molecule has 1 aliphatic rings. The van der Waals surface area contributed by atoms with Gasteiger partial charge in [0.15, 0.2) is 18.1 Å². The summed E-state index contributed by atoms with van der Waals surface area (Å²) < 4.78 is 16.9. The number of halogens is 1. The van der Waals surface area contributed by atoms with Gasteiger partial charge in [0.2, 0.25) is 5.78 Å². The number of allylic oxidation sites excluding steroid dienone is 1. The van der Waals surface area contributed by atoms with Crippen molar-refractivity contribution in [1.29, 1.82) is 0 Å². The Bertz CT molecular complexity index is 1190. The van der Waals surface area contributed by atoms with Gasteiger partial charge in [0.05, 0.1) is 12.2 Å². The van der Waals surface area contributed by atoms with Crippen LogP contribution in [-0.2, 0) is 0 Å². The van der Waals surface area contributed by atoms with Gasteiger partial charge in [0.1, 0.15) is 17.2 Å². The van der Waals surface area contributed by atoms with Crippen molar-refractivity contribution in [2.24, 2.45) is 0 Å². The SMILES string of the molecule is CCOc1ccc(/C=C2\Oc3cc(OCC(=O)c4ccc(Cl)cc4)cc(C)c3C2=O)cc1. The van der Waals surface area contributed by atoms with Crippen molar-refractivity contribution < 1.29 is 23.8 Å². The molecular formula is C26H21ClO5. The summed E-state index contributed by atoms with van der Waals surface area (Å²) in [6.07, 6.45) is 1.70. The number of hydrogen-bond donors (Lipinski definition) is 0. The van der Waals surface area contributed by atoms with Crippen molar-refractivity contribution in [2.45, 2.75) is 13.8 Å². The standard InChI is InChI=1S/C26H21ClO5/c1-3-30-20-10-4-17(5-11-20)13-24-26(29)25-16(2)12-21(14-23(25)32-24)31-15-22(28)18-6-8-19(27)9-7-18/h4-14H,3,15H2,1-2H3/b24-13-. The van der Waals surface area contributed by atoms with Crippen molar-refractivity contribution in [3.05, 3.63) is 93.7 Å². The van der Waals surface area contributed by atoms with Gasteiger partial charge in [-0.25, -0.2) is 0 Å². The number of ether oxygens (including phenoxy) is 3. The zero-order valence-corrected chi connectivity index (χ0v) is 18.4. The maximum absolute atomic E-state index is 12.9. The molecule has 1 heterocycles. The number of fused-ring (bicyclic) bond motifs is 1. The molecule has 4 rings (SSSR count). The van der Waals surface area contributed by atoms with Gasteiger partial charge in [-0.05, 0) is 73.5 Å². The number of rotatable bonds is 7. The molecule has 0 aliphatic carbocycles. The van der Waals surface area contributed by atoms with Gasteiger partial charge in [0, 0.05) is 16.7 Å². The molecule has 1 aliphatic heterocycles. The quantitative estimate of drug-likeness (QED) is 0.331. The maximum Gasteiger partial charge on any atom is 0.232 e. The van der Waals surface area contributed by atoms with Crippen LogP contribution in [0.5, 0.6) is 17.2 Å². The number of benzene rings is 3. The molecule has 0 N–H and O–H groups in total. The van der Waals surface area contributed by atoms with Crippen molar-refractivity contribution in [3.63, 3.8) is 0 Å². The third kappa shape index (κ3) is 4.68. The van der Waals surface area contributed by atoms with Gasteiger partial charge in [-0.3, -0.25) is 9.59 Å². The van der Waals surface area contributed by atoms with Crippen LogP contribution in [0.3, 0.4) is 0 Å². The lowest BCUT2D eigenvalue weighted by Crippen LogP contribution is -2.11. The summed E-state index contributed by atoms with van der Waals surface area (Å²) in [7, 11) is 0. The number of aryl methyl sites for hydroxylation is 1. The molecule has 0 bridgehead atoms. The zero-order valence-electron chi connectivity index (χ0n) is 17.7. The fourth-order valence-electron chi connectivity index (χ4n) is 3.41. The van der Waals surface area contributed by atoms with Crippen LogP contribution in [0.1, 0.15) is 38.8 Å². The van der Waals surface area contributed by atoms with E-state index in [0.29, 0.717) is 34.3 Å². The summed E-state index contributed by atoms with van der Waals surface area (Å²) in [6, 6.07) is 17.4. The fourth-order valence-corrected chi connectivity index (χ4v) is 3.53. The van der Waals surface area contributed by atoms with E-state index in [1.807, 2.05) is 38.1 Å². The zero-order chi connectivity index (χ0) is 22.7. The molecule has 162 valence electrons. The third-order valence-corrected chi connectivity index (χ3v) is 5.22. The Kier molecular flexibility index (Phi) is 6.28. The topological polar surface area (TPSA) is 61.8 Å². The molecule has 0 atom stereocenters. The predicted molar refractivity (Wildman–Crippen MR) is 123 cm³/mol. The summed E-state index contributed by atoms with van der Waals surface area (Å²) >= 11 is 5.86. The van der Waals surface area contributed by atoms with Gasteiger partial charge in [-0.15, -0.1) is 0 Å². The molecule has 0 fully saturated rings. The van der Waals surface area contributed by atoms with E-state index in [1.165, 1.54) is 0 Å². The van der Waals surface area contributed by atoms with Gasteiger partial charge in [-0.2, -0.15) is 0 Å².